The summed E-state index contributed by atoms with van der Waals surface area (Å²) in [6.45, 7) is 7.99. The van der Waals surface area contributed by atoms with E-state index in [0.717, 1.165) is 54.2 Å². The molecule has 0 unspecified atom stereocenters. The molecule has 4 rings (SSSR count). The first-order chi connectivity index (χ1) is 13.6. The fourth-order valence-corrected chi connectivity index (χ4v) is 3.65. The van der Waals surface area contributed by atoms with Gasteiger partial charge in [-0.1, -0.05) is 30.3 Å². The van der Waals surface area contributed by atoms with E-state index in [2.05, 4.69) is 46.3 Å². The third-order valence-corrected chi connectivity index (χ3v) is 5.53. The molecule has 0 spiro atoms. The fourth-order valence-electron chi connectivity index (χ4n) is 3.65. The summed E-state index contributed by atoms with van der Waals surface area (Å²) in [5, 5.41) is 4.21. The standard InChI is InChI=1S/C23H26N4O/c1-17-6-5-9-20(18(17)2)25-23(28)16-26-12-14-27(15-13-26)22-11-10-19-7-3-4-8-21(19)24-22/h3-11H,12-16H2,1-2H3,(H,25,28). The molecular formula is C23H26N4O. The third kappa shape index (κ3) is 3.99. The average Bonchev–Trinajstić information content (AvgIpc) is 2.71. The van der Waals surface area contributed by atoms with Crippen LogP contribution in [0, 0.1) is 13.8 Å². The molecule has 0 saturated carbocycles. The normalized spacial score (nSPS) is 15.0. The van der Waals surface area contributed by atoms with Crippen molar-refractivity contribution in [1.82, 2.24) is 9.88 Å². The van der Waals surface area contributed by atoms with Crippen LogP contribution < -0.4 is 10.2 Å². The monoisotopic (exact) mass is 374 g/mol. The zero-order valence-electron chi connectivity index (χ0n) is 16.5. The van der Waals surface area contributed by atoms with Crippen molar-refractivity contribution >= 4 is 28.3 Å². The Bertz CT molecular complexity index is 993. The number of aromatic nitrogens is 1. The summed E-state index contributed by atoms with van der Waals surface area (Å²) in [7, 11) is 0. The van der Waals surface area contributed by atoms with Gasteiger partial charge < -0.3 is 10.2 Å². The second-order valence-electron chi connectivity index (χ2n) is 7.42. The Morgan fingerprint density at radius 1 is 0.964 bits per heavy atom. The first-order valence-electron chi connectivity index (χ1n) is 9.79. The maximum atomic E-state index is 12.5. The van der Waals surface area contributed by atoms with E-state index in [0.29, 0.717) is 6.54 Å². The van der Waals surface area contributed by atoms with Crippen molar-refractivity contribution in [2.24, 2.45) is 0 Å². The topological polar surface area (TPSA) is 48.5 Å². The number of piperazine rings is 1. The molecule has 28 heavy (non-hydrogen) atoms. The summed E-state index contributed by atoms with van der Waals surface area (Å²) in [5.41, 5.74) is 4.25. The number of pyridine rings is 1. The van der Waals surface area contributed by atoms with Gasteiger partial charge in [0.05, 0.1) is 12.1 Å². The van der Waals surface area contributed by atoms with Crippen LogP contribution in [-0.4, -0.2) is 48.5 Å². The number of carbonyl (C=O) groups is 1. The second kappa shape index (κ2) is 7.98. The molecule has 2 heterocycles. The Hall–Kier alpha value is -2.92. The maximum absolute atomic E-state index is 12.5. The first kappa shape index (κ1) is 18.4. The van der Waals surface area contributed by atoms with Crippen LogP contribution >= 0.6 is 0 Å². The highest BCUT2D eigenvalue weighted by molar-refractivity contribution is 5.93. The Labute approximate surface area is 166 Å². The van der Waals surface area contributed by atoms with E-state index in [1.807, 2.05) is 37.3 Å². The minimum absolute atomic E-state index is 0.0472. The van der Waals surface area contributed by atoms with Gasteiger partial charge in [0, 0.05) is 37.3 Å². The number of carbonyl (C=O) groups excluding carboxylic acids is 1. The number of nitrogens with zero attached hydrogens (tertiary/aromatic N) is 3. The summed E-state index contributed by atoms with van der Waals surface area (Å²) in [4.78, 5) is 21.8. The summed E-state index contributed by atoms with van der Waals surface area (Å²) >= 11 is 0. The molecule has 1 N–H and O–H groups in total. The fraction of sp³-hybridized carbons (Fsp3) is 0.304. The van der Waals surface area contributed by atoms with E-state index in [1.54, 1.807) is 0 Å². The summed E-state index contributed by atoms with van der Waals surface area (Å²) in [5.74, 6) is 1.06. The Morgan fingerprint density at radius 2 is 1.75 bits per heavy atom. The number of amides is 1. The minimum atomic E-state index is 0.0472. The smallest absolute Gasteiger partial charge is 0.238 e. The molecule has 144 valence electrons. The van der Waals surface area contributed by atoms with Gasteiger partial charge in [-0.3, -0.25) is 9.69 Å². The number of nitrogens with one attached hydrogen (secondary N) is 1. The molecule has 2 aromatic carbocycles. The quantitative estimate of drug-likeness (QED) is 0.758. The zero-order valence-corrected chi connectivity index (χ0v) is 16.5. The van der Waals surface area contributed by atoms with Gasteiger partial charge in [-0.05, 0) is 49.2 Å². The van der Waals surface area contributed by atoms with E-state index < -0.39 is 0 Å². The Kier molecular flexibility index (Phi) is 5.26. The molecular weight excluding hydrogens is 348 g/mol. The molecule has 5 heteroatoms. The lowest BCUT2D eigenvalue weighted by molar-refractivity contribution is -0.117. The molecule has 1 aliphatic rings. The van der Waals surface area contributed by atoms with Crippen molar-refractivity contribution in [2.45, 2.75) is 13.8 Å². The molecule has 5 nitrogen and oxygen atoms in total. The van der Waals surface area contributed by atoms with Crippen LogP contribution in [-0.2, 0) is 4.79 Å². The number of hydrogen-bond donors (Lipinski definition) is 1. The molecule has 3 aromatic rings. The molecule has 0 bridgehead atoms. The zero-order chi connectivity index (χ0) is 19.5. The average molecular weight is 374 g/mol. The number of hydrogen-bond acceptors (Lipinski definition) is 4. The van der Waals surface area contributed by atoms with E-state index in [4.69, 9.17) is 4.98 Å². The predicted octanol–water partition coefficient (Wildman–Crippen LogP) is 3.61. The number of aryl methyl sites for hydroxylation is 1. The summed E-state index contributed by atoms with van der Waals surface area (Å²) in [6.07, 6.45) is 0. The highest BCUT2D eigenvalue weighted by Gasteiger charge is 2.20. The lowest BCUT2D eigenvalue weighted by atomic mass is 10.1. The molecule has 1 fully saturated rings. The van der Waals surface area contributed by atoms with Crippen molar-refractivity contribution in [1.29, 1.82) is 0 Å². The number of para-hydroxylation sites is 1. The van der Waals surface area contributed by atoms with E-state index in [1.165, 1.54) is 5.56 Å². The number of fused-ring (bicyclic) bond motifs is 1. The molecule has 0 aliphatic carbocycles. The highest BCUT2D eigenvalue weighted by atomic mass is 16.2. The molecule has 1 saturated heterocycles. The van der Waals surface area contributed by atoms with Gasteiger partial charge in [0.1, 0.15) is 5.82 Å². The van der Waals surface area contributed by atoms with E-state index in [-0.39, 0.29) is 5.91 Å². The van der Waals surface area contributed by atoms with Crippen LogP contribution in [0.4, 0.5) is 11.5 Å². The lowest BCUT2D eigenvalue weighted by Crippen LogP contribution is -2.49. The molecule has 1 amide bonds. The Balaban J connectivity index is 1.33. The minimum Gasteiger partial charge on any atom is -0.354 e. The lowest BCUT2D eigenvalue weighted by Gasteiger charge is -2.35. The van der Waals surface area contributed by atoms with Crippen molar-refractivity contribution in [2.75, 3.05) is 42.9 Å². The van der Waals surface area contributed by atoms with Crippen LogP contribution in [0.25, 0.3) is 10.9 Å². The largest absolute Gasteiger partial charge is 0.354 e. The molecule has 1 aromatic heterocycles. The van der Waals surface area contributed by atoms with Crippen LogP contribution in [0.15, 0.2) is 54.6 Å². The van der Waals surface area contributed by atoms with E-state index >= 15 is 0 Å². The van der Waals surface area contributed by atoms with Gasteiger partial charge in [0.2, 0.25) is 5.91 Å². The number of anilines is 2. The van der Waals surface area contributed by atoms with Crippen molar-refractivity contribution in [3.63, 3.8) is 0 Å². The summed E-state index contributed by atoms with van der Waals surface area (Å²) in [6, 6.07) is 18.4. The van der Waals surface area contributed by atoms with Crippen molar-refractivity contribution in [3.05, 3.63) is 65.7 Å². The van der Waals surface area contributed by atoms with Gasteiger partial charge >= 0.3 is 0 Å². The third-order valence-electron chi connectivity index (χ3n) is 5.53. The van der Waals surface area contributed by atoms with E-state index in [9.17, 15) is 4.79 Å². The molecule has 0 atom stereocenters. The van der Waals surface area contributed by atoms with Crippen LogP contribution in [0.2, 0.25) is 0 Å². The second-order valence-corrected chi connectivity index (χ2v) is 7.42. The van der Waals surface area contributed by atoms with Crippen LogP contribution in [0.1, 0.15) is 11.1 Å². The number of benzene rings is 2. The van der Waals surface area contributed by atoms with Crippen molar-refractivity contribution in [3.8, 4) is 0 Å². The highest BCUT2D eigenvalue weighted by Crippen LogP contribution is 2.20. The van der Waals surface area contributed by atoms with Gasteiger partial charge in [-0.15, -0.1) is 0 Å². The van der Waals surface area contributed by atoms with Gasteiger partial charge in [0.25, 0.3) is 0 Å². The van der Waals surface area contributed by atoms with Gasteiger partial charge in [0.15, 0.2) is 0 Å². The maximum Gasteiger partial charge on any atom is 0.238 e. The van der Waals surface area contributed by atoms with Gasteiger partial charge in [-0.2, -0.15) is 0 Å². The van der Waals surface area contributed by atoms with Crippen LogP contribution in [0.3, 0.4) is 0 Å². The van der Waals surface area contributed by atoms with Gasteiger partial charge in [-0.25, -0.2) is 4.98 Å². The summed E-state index contributed by atoms with van der Waals surface area (Å²) < 4.78 is 0. The SMILES string of the molecule is Cc1cccc(NC(=O)CN2CCN(c3ccc4ccccc4n3)CC2)c1C. The molecule has 1 aliphatic heterocycles. The molecule has 0 radical (unpaired) electrons. The Morgan fingerprint density at radius 3 is 2.57 bits per heavy atom. The number of rotatable bonds is 4. The van der Waals surface area contributed by atoms with Crippen molar-refractivity contribution < 1.29 is 4.79 Å². The predicted molar refractivity (Wildman–Crippen MR) is 115 cm³/mol. The first-order valence-corrected chi connectivity index (χ1v) is 9.79. The van der Waals surface area contributed by atoms with Crippen LogP contribution in [0.5, 0.6) is 0 Å².